The molecule has 0 spiro atoms. The van der Waals surface area contributed by atoms with Gasteiger partial charge in [-0.2, -0.15) is 0 Å². The van der Waals surface area contributed by atoms with Gasteiger partial charge in [-0.3, -0.25) is 0 Å². The Labute approximate surface area is 94.0 Å². The number of nitrogens with zero attached hydrogens (tertiary/aromatic N) is 1. The third-order valence-corrected chi connectivity index (χ3v) is 1.77. The number of hydrogen-bond donors (Lipinski definition) is 3. The Bertz CT molecular complexity index is 330. The first kappa shape index (κ1) is 12.5. The molecule has 6 heteroatoms. The maximum absolute atomic E-state index is 11.4. The molecule has 1 amide bonds. The first-order chi connectivity index (χ1) is 7.42. The number of nitrogens with one attached hydrogen (secondary N) is 2. The Balaban J connectivity index is 2.55. The topological polar surface area (TPSA) is 87.2 Å². The molecular formula is C10H17N3O3. The van der Waals surface area contributed by atoms with Gasteiger partial charge in [-0.05, 0) is 20.8 Å². The van der Waals surface area contributed by atoms with Crippen molar-refractivity contribution in [3.05, 3.63) is 18.2 Å². The van der Waals surface area contributed by atoms with Gasteiger partial charge in [-0.25, -0.2) is 9.78 Å². The van der Waals surface area contributed by atoms with Crippen LogP contribution in [0.25, 0.3) is 0 Å². The normalized spacial score (nSPS) is 13.2. The van der Waals surface area contributed by atoms with Crippen molar-refractivity contribution in [3.8, 4) is 0 Å². The number of ether oxygens (including phenoxy) is 1. The summed E-state index contributed by atoms with van der Waals surface area (Å²) in [5, 5.41) is 11.7. The van der Waals surface area contributed by atoms with Gasteiger partial charge in [-0.15, -0.1) is 0 Å². The van der Waals surface area contributed by atoms with E-state index in [-0.39, 0.29) is 6.61 Å². The smallest absolute Gasteiger partial charge is 0.408 e. The Morgan fingerprint density at radius 3 is 2.81 bits per heavy atom. The molecule has 1 aromatic rings. The number of amides is 1. The van der Waals surface area contributed by atoms with Gasteiger partial charge in [-0.1, -0.05) is 0 Å². The molecule has 0 saturated carbocycles. The van der Waals surface area contributed by atoms with E-state index in [0.717, 1.165) is 0 Å². The van der Waals surface area contributed by atoms with E-state index >= 15 is 0 Å². The van der Waals surface area contributed by atoms with Gasteiger partial charge >= 0.3 is 6.09 Å². The van der Waals surface area contributed by atoms with Gasteiger partial charge in [0.15, 0.2) is 0 Å². The van der Waals surface area contributed by atoms with E-state index in [2.05, 4.69) is 15.3 Å². The largest absolute Gasteiger partial charge is 0.444 e. The molecule has 0 aliphatic carbocycles. The summed E-state index contributed by atoms with van der Waals surface area (Å²) in [6, 6.07) is -0.530. The maximum atomic E-state index is 11.4. The molecule has 0 bridgehead atoms. The molecule has 90 valence electrons. The molecule has 3 N–H and O–H groups in total. The lowest BCUT2D eigenvalue weighted by Gasteiger charge is -2.22. The molecule has 1 rings (SSSR count). The molecular weight excluding hydrogens is 210 g/mol. The van der Waals surface area contributed by atoms with Gasteiger partial charge in [0.25, 0.3) is 0 Å². The lowest BCUT2D eigenvalue weighted by atomic mass is 10.2. The molecule has 1 aromatic heterocycles. The fourth-order valence-electron chi connectivity index (χ4n) is 1.13. The Kier molecular flexibility index (Phi) is 3.89. The molecule has 16 heavy (non-hydrogen) atoms. The Morgan fingerprint density at radius 1 is 1.69 bits per heavy atom. The van der Waals surface area contributed by atoms with Crippen LogP contribution < -0.4 is 5.32 Å². The highest BCUT2D eigenvalue weighted by Crippen LogP contribution is 2.11. The summed E-state index contributed by atoms with van der Waals surface area (Å²) in [6.07, 6.45) is 2.45. The number of aromatic nitrogens is 2. The first-order valence-electron chi connectivity index (χ1n) is 5.01. The van der Waals surface area contributed by atoms with Crippen LogP contribution in [-0.2, 0) is 4.74 Å². The van der Waals surface area contributed by atoms with Crippen molar-refractivity contribution in [1.82, 2.24) is 15.3 Å². The number of aliphatic hydroxyl groups excluding tert-OH is 1. The van der Waals surface area contributed by atoms with Crippen LogP contribution >= 0.6 is 0 Å². The van der Waals surface area contributed by atoms with E-state index in [4.69, 9.17) is 9.84 Å². The van der Waals surface area contributed by atoms with Crippen molar-refractivity contribution < 1.29 is 14.6 Å². The van der Waals surface area contributed by atoms with E-state index < -0.39 is 17.7 Å². The van der Waals surface area contributed by atoms with Crippen molar-refractivity contribution >= 4 is 6.09 Å². The molecule has 6 nitrogen and oxygen atoms in total. The van der Waals surface area contributed by atoms with E-state index in [0.29, 0.717) is 5.69 Å². The van der Waals surface area contributed by atoms with Crippen molar-refractivity contribution in [1.29, 1.82) is 0 Å². The predicted octanol–water partition coefficient (Wildman–Crippen LogP) is 0.968. The highest BCUT2D eigenvalue weighted by molar-refractivity contribution is 5.68. The Morgan fingerprint density at radius 2 is 2.38 bits per heavy atom. The number of rotatable bonds is 3. The molecule has 0 aromatic carbocycles. The second kappa shape index (κ2) is 4.98. The van der Waals surface area contributed by atoms with E-state index in [1.54, 1.807) is 20.8 Å². The van der Waals surface area contributed by atoms with Gasteiger partial charge in [0.05, 0.1) is 30.9 Å². The molecule has 1 atom stereocenters. The molecule has 0 fully saturated rings. The van der Waals surface area contributed by atoms with E-state index in [1.807, 2.05) is 0 Å². The minimum absolute atomic E-state index is 0.221. The number of aromatic amines is 1. The number of alkyl carbamates (subject to hydrolysis) is 1. The van der Waals surface area contributed by atoms with E-state index in [1.165, 1.54) is 12.5 Å². The Hall–Kier alpha value is -1.56. The fraction of sp³-hybridized carbons (Fsp3) is 0.600. The number of aliphatic hydroxyl groups is 1. The third-order valence-electron chi connectivity index (χ3n) is 1.77. The summed E-state index contributed by atoms with van der Waals surface area (Å²) >= 11 is 0. The van der Waals surface area contributed by atoms with Crippen molar-refractivity contribution in [2.24, 2.45) is 0 Å². The van der Waals surface area contributed by atoms with Crippen LogP contribution in [0.5, 0.6) is 0 Å². The van der Waals surface area contributed by atoms with Gasteiger partial charge < -0.3 is 20.1 Å². The zero-order valence-corrected chi connectivity index (χ0v) is 9.65. The number of H-pyrrole nitrogens is 1. The number of carbonyl (C=O) groups is 1. The average Bonchev–Trinajstić information content (AvgIpc) is 2.63. The monoisotopic (exact) mass is 227 g/mol. The van der Waals surface area contributed by atoms with Gasteiger partial charge in [0.2, 0.25) is 0 Å². The van der Waals surface area contributed by atoms with Crippen molar-refractivity contribution in [2.45, 2.75) is 32.4 Å². The van der Waals surface area contributed by atoms with Crippen LogP contribution in [0.1, 0.15) is 32.5 Å². The van der Waals surface area contributed by atoms with Crippen molar-refractivity contribution in [3.63, 3.8) is 0 Å². The van der Waals surface area contributed by atoms with Crippen LogP contribution in [0.2, 0.25) is 0 Å². The second-order valence-electron chi connectivity index (χ2n) is 4.39. The average molecular weight is 227 g/mol. The van der Waals surface area contributed by atoms with E-state index in [9.17, 15) is 4.79 Å². The molecule has 0 aliphatic heterocycles. The summed E-state index contributed by atoms with van der Waals surface area (Å²) in [5.74, 6) is 0. The summed E-state index contributed by atoms with van der Waals surface area (Å²) in [4.78, 5) is 18.1. The third kappa shape index (κ3) is 3.90. The first-order valence-corrected chi connectivity index (χ1v) is 5.01. The van der Waals surface area contributed by atoms with Crippen LogP contribution in [0.3, 0.4) is 0 Å². The summed E-state index contributed by atoms with van der Waals surface area (Å²) in [5.41, 5.74) is 0.0753. The molecule has 0 saturated heterocycles. The lowest BCUT2D eigenvalue weighted by molar-refractivity contribution is 0.0480. The molecule has 1 unspecified atom stereocenters. The summed E-state index contributed by atoms with van der Waals surface area (Å²) in [6.45, 7) is 5.10. The standard InChI is InChI=1S/C10H17N3O3/c1-10(2,3)16-9(15)13-8(5-14)7-4-11-6-12-7/h4,6,8,14H,5H2,1-3H3,(H,11,12)(H,13,15). The second-order valence-corrected chi connectivity index (χ2v) is 4.39. The minimum atomic E-state index is -0.568. The SMILES string of the molecule is CC(C)(C)OC(=O)NC(CO)c1cnc[nH]1. The molecule has 0 aliphatic rings. The zero-order valence-electron chi connectivity index (χ0n) is 9.65. The summed E-state index contributed by atoms with van der Waals surface area (Å²) in [7, 11) is 0. The van der Waals surface area contributed by atoms with Crippen LogP contribution in [0.4, 0.5) is 4.79 Å². The van der Waals surface area contributed by atoms with Gasteiger partial charge in [0.1, 0.15) is 5.60 Å². The lowest BCUT2D eigenvalue weighted by Crippen LogP contribution is -2.36. The maximum Gasteiger partial charge on any atom is 0.408 e. The minimum Gasteiger partial charge on any atom is -0.444 e. The summed E-state index contributed by atoms with van der Waals surface area (Å²) < 4.78 is 5.07. The molecule has 0 radical (unpaired) electrons. The van der Waals surface area contributed by atoms with Crippen molar-refractivity contribution in [2.75, 3.05) is 6.61 Å². The highest BCUT2D eigenvalue weighted by Gasteiger charge is 2.20. The van der Waals surface area contributed by atoms with Crippen LogP contribution in [0.15, 0.2) is 12.5 Å². The number of hydrogen-bond acceptors (Lipinski definition) is 4. The number of imidazole rings is 1. The van der Waals surface area contributed by atoms with Crippen LogP contribution in [0, 0.1) is 0 Å². The fourth-order valence-corrected chi connectivity index (χ4v) is 1.13. The van der Waals surface area contributed by atoms with Gasteiger partial charge in [0, 0.05) is 0 Å². The van der Waals surface area contributed by atoms with Crippen LogP contribution in [-0.4, -0.2) is 33.4 Å². The molecule has 1 heterocycles. The predicted molar refractivity (Wildman–Crippen MR) is 57.8 cm³/mol. The highest BCUT2D eigenvalue weighted by atomic mass is 16.6. The zero-order chi connectivity index (χ0) is 12.2. The quantitative estimate of drug-likeness (QED) is 0.718. The number of carbonyl (C=O) groups excluding carboxylic acids is 1.